The van der Waals surface area contributed by atoms with Crippen LogP contribution in [0.3, 0.4) is 0 Å². The maximum Gasteiger partial charge on any atom is 0.248 e. The number of rotatable bonds is 1. The molecule has 0 radical (unpaired) electrons. The van der Waals surface area contributed by atoms with Gasteiger partial charge in [0.2, 0.25) is 5.91 Å². The van der Waals surface area contributed by atoms with Crippen molar-refractivity contribution in [3.63, 3.8) is 0 Å². The van der Waals surface area contributed by atoms with E-state index in [0.717, 1.165) is 5.56 Å². The monoisotopic (exact) mass is 177 g/mol. The van der Waals surface area contributed by atoms with Crippen molar-refractivity contribution < 1.29 is 4.79 Å². The van der Waals surface area contributed by atoms with E-state index in [1.165, 1.54) is 0 Å². The molecule has 0 atom stereocenters. The Hall–Kier alpha value is -1.31. The molecule has 1 rings (SSSR count). The fraction of sp³-hybridized carbons (Fsp3) is 0.364. The van der Waals surface area contributed by atoms with Gasteiger partial charge in [0.05, 0.1) is 0 Å². The van der Waals surface area contributed by atoms with Crippen LogP contribution >= 0.6 is 0 Å². The van der Waals surface area contributed by atoms with Crippen LogP contribution in [0, 0.1) is 0 Å². The first-order valence-electron chi connectivity index (χ1n) is 4.32. The van der Waals surface area contributed by atoms with E-state index in [9.17, 15) is 4.79 Å². The third kappa shape index (κ3) is 2.08. The maximum absolute atomic E-state index is 11.1. The van der Waals surface area contributed by atoms with Gasteiger partial charge in [-0.2, -0.15) is 0 Å². The molecule has 0 aromatic heterocycles. The zero-order valence-corrected chi connectivity index (χ0v) is 8.29. The molecule has 70 valence electrons. The molecule has 2 heteroatoms. The van der Waals surface area contributed by atoms with Crippen molar-refractivity contribution in [2.45, 2.75) is 26.2 Å². The van der Waals surface area contributed by atoms with Crippen LogP contribution in [0.25, 0.3) is 0 Å². The fourth-order valence-corrected chi connectivity index (χ4v) is 1.35. The van der Waals surface area contributed by atoms with Gasteiger partial charge >= 0.3 is 0 Å². The number of primary amides is 1. The van der Waals surface area contributed by atoms with Crippen molar-refractivity contribution in [2.75, 3.05) is 0 Å². The molecule has 1 aromatic rings. The summed E-state index contributed by atoms with van der Waals surface area (Å²) in [6.45, 7) is 6.19. The Labute approximate surface area is 78.8 Å². The van der Waals surface area contributed by atoms with Crippen LogP contribution in [0.2, 0.25) is 0 Å². The SMILES string of the molecule is CC(C)(C)c1ccccc1C(N)=O. The summed E-state index contributed by atoms with van der Waals surface area (Å²) in [7, 11) is 0. The van der Waals surface area contributed by atoms with Crippen molar-refractivity contribution in [1.82, 2.24) is 0 Å². The minimum atomic E-state index is -0.356. The summed E-state index contributed by atoms with van der Waals surface area (Å²) < 4.78 is 0. The number of carbonyl (C=O) groups excluding carboxylic acids is 1. The van der Waals surface area contributed by atoms with E-state index in [1.807, 2.05) is 18.2 Å². The molecule has 0 heterocycles. The molecule has 0 aliphatic rings. The van der Waals surface area contributed by atoms with Crippen LogP contribution in [0.4, 0.5) is 0 Å². The summed E-state index contributed by atoms with van der Waals surface area (Å²) in [5.41, 5.74) is 6.86. The van der Waals surface area contributed by atoms with Crippen LogP contribution in [-0.4, -0.2) is 5.91 Å². The molecular formula is C11H15NO. The highest BCUT2D eigenvalue weighted by Gasteiger charge is 2.19. The minimum Gasteiger partial charge on any atom is -0.366 e. The van der Waals surface area contributed by atoms with Gasteiger partial charge < -0.3 is 5.73 Å². The first-order chi connectivity index (χ1) is 5.93. The van der Waals surface area contributed by atoms with Crippen molar-refractivity contribution >= 4 is 5.91 Å². The molecule has 0 aliphatic heterocycles. The van der Waals surface area contributed by atoms with E-state index in [0.29, 0.717) is 5.56 Å². The highest BCUT2D eigenvalue weighted by molar-refractivity contribution is 5.94. The third-order valence-electron chi connectivity index (χ3n) is 2.00. The van der Waals surface area contributed by atoms with E-state index in [-0.39, 0.29) is 11.3 Å². The van der Waals surface area contributed by atoms with Gasteiger partial charge in [-0.25, -0.2) is 0 Å². The minimum absolute atomic E-state index is 0.0361. The zero-order chi connectivity index (χ0) is 10.1. The lowest BCUT2D eigenvalue weighted by Crippen LogP contribution is -2.20. The Balaban J connectivity index is 3.28. The summed E-state index contributed by atoms with van der Waals surface area (Å²) in [5, 5.41) is 0. The van der Waals surface area contributed by atoms with Gasteiger partial charge in [0, 0.05) is 5.56 Å². The molecule has 0 bridgehead atoms. The van der Waals surface area contributed by atoms with Gasteiger partial charge in [-0.3, -0.25) is 4.79 Å². The zero-order valence-electron chi connectivity index (χ0n) is 8.29. The van der Waals surface area contributed by atoms with Gasteiger partial charge in [-0.05, 0) is 17.0 Å². The Morgan fingerprint density at radius 2 is 1.77 bits per heavy atom. The summed E-state index contributed by atoms with van der Waals surface area (Å²) in [6.07, 6.45) is 0. The van der Waals surface area contributed by atoms with Crippen molar-refractivity contribution in [1.29, 1.82) is 0 Å². The van der Waals surface area contributed by atoms with E-state index < -0.39 is 0 Å². The molecule has 2 N–H and O–H groups in total. The second kappa shape index (κ2) is 3.21. The van der Waals surface area contributed by atoms with Gasteiger partial charge in [0.25, 0.3) is 0 Å². The van der Waals surface area contributed by atoms with Crippen LogP contribution in [-0.2, 0) is 5.41 Å². The predicted octanol–water partition coefficient (Wildman–Crippen LogP) is 2.08. The first kappa shape index (κ1) is 9.78. The number of hydrogen-bond donors (Lipinski definition) is 1. The van der Waals surface area contributed by atoms with Crippen molar-refractivity contribution in [3.8, 4) is 0 Å². The van der Waals surface area contributed by atoms with Crippen LogP contribution < -0.4 is 5.73 Å². The number of nitrogens with two attached hydrogens (primary N) is 1. The summed E-state index contributed by atoms with van der Waals surface area (Å²) in [4.78, 5) is 11.1. The third-order valence-corrected chi connectivity index (χ3v) is 2.00. The van der Waals surface area contributed by atoms with Crippen LogP contribution in [0.1, 0.15) is 36.7 Å². The normalized spacial score (nSPS) is 11.3. The average Bonchev–Trinajstić information content (AvgIpc) is 2.03. The molecule has 0 fully saturated rings. The van der Waals surface area contributed by atoms with E-state index in [2.05, 4.69) is 20.8 Å². The lowest BCUT2D eigenvalue weighted by atomic mass is 9.83. The number of hydrogen-bond acceptors (Lipinski definition) is 1. The quantitative estimate of drug-likeness (QED) is 0.701. The standard InChI is InChI=1S/C11H15NO/c1-11(2,3)9-7-5-4-6-8(9)10(12)13/h4-7H,1-3H3,(H2,12,13). The molecule has 1 aromatic carbocycles. The van der Waals surface area contributed by atoms with Crippen LogP contribution in [0.5, 0.6) is 0 Å². The second-order valence-electron chi connectivity index (χ2n) is 4.16. The van der Waals surface area contributed by atoms with E-state index in [4.69, 9.17) is 5.73 Å². The summed E-state index contributed by atoms with van der Waals surface area (Å²) in [5.74, 6) is -0.356. The molecule has 0 unspecified atom stereocenters. The van der Waals surface area contributed by atoms with Gasteiger partial charge in [-0.15, -0.1) is 0 Å². The average molecular weight is 177 g/mol. The molecule has 0 saturated carbocycles. The van der Waals surface area contributed by atoms with E-state index >= 15 is 0 Å². The summed E-state index contributed by atoms with van der Waals surface area (Å²) in [6, 6.07) is 7.46. The second-order valence-corrected chi connectivity index (χ2v) is 4.16. The maximum atomic E-state index is 11.1. The van der Waals surface area contributed by atoms with Crippen molar-refractivity contribution in [2.24, 2.45) is 5.73 Å². The Kier molecular flexibility index (Phi) is 2.41. The molecule has 0 saturated heterocycles. The smallest absolute Gasteiger partial charge is 0.248 e. The summed E-state index contributed by atoms with van der Waals surface area (Å²) >= 11 is 0. The Morgan fingerprint density at radius 1 is 1.23 bits per heavy atom. The molecule has 2 nitrogen and oxygen atoms in total. The molecule has 1 amide bonds. The molecule has 0 aliphatic carbocycles. The lowest BCUT2D eigenvalue weighted by Gasteiger charge is -2.21. The Bertz CT molecular complexity index is 323. The number of carbonyl (C=O) groups is 1. The van der Waals surface area contributed by atoms with E-state index in [1.54, 1.807) is 6.07 Å². The van der Waals surface area contributed by atoms with Gasteiger partial charge in [0.1, 0.15) is 0 Å². The largest absolute Gasteiger partial charge is 0.366 e. The highest BCUT2D eigenvalue weighted by Crippen LogP contribution is 2.25. The Morgan fingerprint density at radius 3 is 2.15 bits per heavy atom. The number of benzene rings is 1. The van der Waals surface area contributed by atoms with Crippen LogP contribution in [0.15, 0.2) is 24.3 Å². The topological polar surface area (TPSA) is 43.1 Å². The predicted molar refractivity (Wildman–Crippen MR) is 53.7 cm³/mol. The molecular weight excluding hydrogens is 162 g/mol. The van der Waals surface area contributed by atoms with Gasteiger partial charge in [0.15, 0.2) is 0 Å². The first-order valence-corrected chi connectivity index (χ1v) is 4.32. The fourth-order valence-electron chi connectivity index (χ4n) is 1.35. The molecule has 0 spiro atoms. The number of amides is 1. The van der Waals surface area contributed by atoms with Crippen molar-refractivity contribution in [3.05, 3.63) is 35.4 Å². The lowest BCUT2D eigenvalue weighted by molar-refractivity contribution is 0.0998. The highest BCUT2D eigenvalue weighted by atomic mass is 16.1. The van der Waals surface area contributed by atoms with Gasteiger partial charge in [-0.1, -0.05) is 39.0 Å². The molecule has 13 heavy (non-hydrogen) atoms.